The molecule has 0 aromatic heterocycles. The maximum absolute atomic E-state index is 11.0. The van der Waals surface area contributed by atoms with Gasteiger partial charge in [0, 0.05) is 0 Å². The van der Waals surface area contributed by atoms with Crippen molar-refractivity contribution in [3.63, 3.8) is 0 Å². The van der Waals surface area contributed by atoms with Crippen LogP contribution in [0.25, 0.3) is 0 Å². The minimum atomic E-state index is -0.328. The van der Waals surface area contributed by atoms with Crippen LogP contribution in [-0.4, -0.2) is 10.7 Å². The van der Waals surface area contributed by atoms with E-state index in [2.05, 4.69) is 20.8 Å². The first kappa shape index (κ1) is 10.1. The van der Waals surface area contributed by atoms with Crippen LogP contribution in [0.3, 0.4) is 0 Å². The summed E-state index contributed by atoms with van der Waals surface area (Å²) in [5.41, 5.74) is -0.169. The van der Waals surface area contributed by atoms with E-state index in [0.717, 1.165) is 24.2 Å². The summed E-state index contributed by atoms with van der Waals surface area (Å²) in [6.45, 7) is 7.04. The smallest absolute Gasteiger partial charge is 0.0731 e. The van der Waals surface area contributed by atoms with Crippen molar-refractivity contribution in [1.29, 1.82) is 0 Å². The highest BCUT2D eigenvalue weighted by molar-refractivity contribution is 5.14. The predicted molar refractivity (Wildman–Crippen MR) is 61.4 cm³/mol. The summed E-state index contributed by atoms with van der Waals surface area (Å²) in [4.78, 5) is 0. The molecular weight excluding hydrogens is 184 g/mol. The molecule has 0 aromatic carbocycles. The van der Waals surface area contributed by atoms with Crippen molar-refractivity contribution < 1.29 is 5.11 Å². The Bertz CT molecular complexity index is 283. The molecular formula is C14H24O. The molecule has 4 fully saturated rings. The van der Waals surface area contributed by atoms with Crippen molar-refractivity contribution in [2.24, 2.45) is 29.1 Å². The second-order valence-electron chi connectivity index (χ2n) is 6.96. The van der Waals surface area contributed by atoms with Gasteiger partial charge >= 0.3 is 0 Å². The van der Waals surface area contributed by atoms with E-state index in [-0.39, 0.29) is 11.0 Å². The summed E-state index contributed by atoms with van der Waals surface area (Å²) in [6.07, 6.45) is 6.37. The predicted octanol–water partition coefficient (Wildman–Crippen LogP) is 3.22. The molecule has 0 amide bonds. The number of aliphatic hydroxyl groups is 1. The zero-order valence-corrected chi connectivity index (χ0v) is 10.3. The van der Waals surface area contributed by atoms with Crippen LogP contribution in [0.1, 0.15) is 52.9 Å². The molecule has 0 radical (unpaired) electrons. The molecule has 4 saturated carbocycles. The van der Waals surface area contributed by atoms with Crippen LogP contribution in [0.15, 0.2) is 0 Å². The fourth-order valence-electron chi connectivity index (χ4n) is 5.33. The van der Waals surface area contributed by atoms with Gasteiger partial charge < -0.3 is 5.11 Å². The average molecular weight is 208 g/mol. The highest BCUT2D eigenvalue weighted by atomic mass is 16.3. The second kappa shape index (κ2) is 2.80. The van der Waals surface area contributed by atoms with Crippen LogP contribution < -0.4 is 0 Å². The topological polar surface area (TPSA) is 20.2 Å². The lowest BCUT2D eigenvalue weighted by Gasteiger charge is -2.67. The molecule has 4 aliphatic rings. The first-order valence-electron chi connectivity index (χ1n) is 6.69. The van der Waals surface area contributed by atoms with E-state index in [9.17, 15) is 5.11 Å². The molecule has 4 bridgehead atoms. The molecule has 1 heteroatoms. The van der Waals surface area contributed by atoms with Gasteiger partial charge in [0.15, 0.2) is 0 Å². The minimum Gasteiger partial charge on any atom is -0.389 e. The summed E-state index contributed by atoms with van der Waals surface area (Å²) >= 11 is 0. The lowest BCUT2D eigenvalue weighted by molar-refractivity contribution is -0.249. The zero-order valence-electron chi connectivity index (χ0n) is 10.3. The van der Waals surface area contributed by atoms with Gasteiger partial charge in [-0.3, -0.25) is 0 Å². The van der Waals surface area contributed by atoms with E-state index in [4.69, 9.17) is 0 Å². The Morgan fingerprint density at radius 3 is 2.60 bits per heavy atom. The van der Waals surface area contributed by atoms with E-state index >= 15 is 0 Å². The Balaban J connectivity index is 2.06. The third-order valence-electron chi connectivity index (χ3n) is 6.23. The summed E-state index contributed by atoms with van der Waals surface area (Å²) in [7, 11) is 0. The molecule has 0 heterocycles. The van der Waals surface area contributed by atoms with Crippen molar-refractivity contribution >= 4 is 0 Å². The van der Waals surface area contributed by atoms with Gasteiger partial charge in [-0.05, 0) is 54.8 Å². The molecule has 86 valence electrons. The van der Waals surface area contributed by atoms with Crippen molar-refractivity contribution in [3.8, 4) is 0 Å². The molecule has 0 aromatic rings. The number of rotatable bonds is 0. The average Bonchev–Trinajstić information content (AvgIpc) is 2.16. The van der Waals surface area contributed by atoms with E-state index in [1.165, 1.54) is 25.7 Å². The Labute approximate surface area is 93.3 Å². The summed E-state index contributed by atoms with van der Waals surface area (Å²) in [5.74, 6) is 3.05. The van der Waals surface area contributed by atoms with Crippen molar-refractivity contribution in [2.45, 2.75) is 58.5 Å². The lowest BCUT2D eigenvalue weighted by atomic mass is 9.40. The first-order chi connectivity index (χ1) is 6.97. The largest absolute Gasteiger partial charge is 0.389 e. The van der Waals surface area contributed by atoms with E-state index in [0.29, 0.717) is 5.92 Å². The molecule has 1 N–H and O–H groups in total. The van der Waals surface area contributed by atoms with Crippen LogP contribution in [0.4, 0.5) is 0 Å². The second-order valence-corrected chi connectivity index (χ2v) is 6.96. The van der Waals surface area contributed by atoms with Crippen LogP contribution >= 0.6 is 0 Å². The SMILES string of the molecule is CC1CC2C3CCCC2(O)C(C)(C)C1C3. The van der Waals surface area contributed by atoms with E-state index in [1.807, 2.05) is 0 Å². The third-order valence-corrected chi connectivity index (χ3v) is 6.23. The number of hydrogen-bond acceptors (Lipinski definition) is 1. The van der Waals surface area contributed by atoms with Crippen LogP contribution in [-0.2, 0) is 0 Å². The van der Waals surface area contributed by atoms with Gasteiger partial charge in [-0.15, -0.1) is 0 Å². The van der Waals surface area contributed by atoms with Gasteiger partial charge in [0.1, 0.15) is 0 Å². The Hall–Kier alpha value is -0.0400. The summed E-state index contributed by atoms with van der Waals surface area (Å²) in [6, 6.07) is 0. The van der Waals surface area contributed by atoms with Crippen molar-refractivity contribution in [1.82, 2.24) is 0 Å². The van der Waals surface area contributed by atoms with Crippen LogP contribution in [0.5, 0.6) is 0 Å². The van der Waals surface area contributed by atoms with Gasteiger partial charge in [0.2, 0.25) is 0 Å². The molecule has 0 saturated heterocycles. The number of hydrogen-bond donors (Lipinski definition) is 1. The Morgan fingerprint density at radius 2 is 1.87 bits per heavy atom. The van der Waals surface area contributed by atoms with Gasteiger partial charge in [-0.2, -0.15) is 0 Å². The maximum Gasteiger partial charge on any atom is 0.0731 e. The van der Waals surface area contributed by atoms with Gasteiger partial charge in [0.25, 0.3) is 0 Å². The maximum atomic E-state index is 11.0. The Morgan fingerprint density at radius 1 is 1.13 bits per heavy atom. The quantitative estimate of drug-likeness (QED) is 0.648. The highest BCUT2D eigenvalue weighted by Gasteiger charge is 2.64. The van der Waals surface area contributed by atoms with Gasteiger partial charge in [-0.1, -0.05) is 27.2 Å². The van der Waals surface area contributed by atoms with E-state index < -0.39 is 0 Å². The zero-order chi connectivity index (χ0) is 10.8. The molecule has 4 aliphatic carbocycles. The lowest BCUT2D eigenvalue weighted by Crippen LogP contribution is -2.66. The molecule has 0 aliphatic heterocycles. The molecule has 4 rings (SSSR count). The molecule has 1 nitrogen and oxygen atoms in total. The van der Waals surface area contributed by atoms with Gasteiger partial charge in [-0.25, -0.2) is 0 Å². The summed E-state index contributed by atoms with van der Waals surface area (Å²) in [5, 5.41) is 11.0. The number of fused-ring (bicyclic) bond motifs is 1. The molecule has 0 spiro atoms. The summed E-state index contributed by atoms with van der Waals surface area (Å²) < 4.78 is 0. The first-order valence-corrected chi connectivity index (χ1v) is 6.69. The standard InChI is InChI=1S/C14H24O/c1-9-7-12-10-5-4-6-14(12,15)13(2,3)11(9)8-10/h9-12,15H,4-8H2,1-3H3. The van der Waals surface area contributed by atoms with Crippen molar-refractivity contribution in [2.75, 3.05) is 0 Å². The fraction of sp³-hybridized carbons (Fsp3) is 1.00. The molecule has 15 heavy (non-hydrogen) atoms. The molecule has 5 atom stereocenters. The molecule has 5 unspecified atom stereocenters. The Kier molecular flexibility index (Phi) is 1.89. The van der Waals surface area contributed by atoms with Crippen LogP contribution in [0.2, 0.25) is 0 Å². The minimum absolute atomic E-state index is 0.159. The van der Waals surface area contributed by atoms with Gasteiger partial charge in [0.05, 0.1) is 5.60 Å². The van der Waals surface area contributed by atoms with E-state index in [1.54, 1.807) is 0 Å². The normalized spacial score (nSPS) is 56.8. The fourth-order valence-corrected chi connectivity index (χ4v) is 5.33. The third kappa shape index (κ3) is 1.03. The monoisotopic (exact) mass is 208 g/mol. The van der Waals surface area contributed by atoms with Crippen LogP contribution in [0, 0.1) is 29.1 Å². The van der Waals surface area contributed by atoms with Crippen molar-refractivity contribution in [3.05, 3.63) is 0 Å². The highest BCUT2D eigenvalue weighted by Crippen LogP contribution is 2.66.